The van der Waals surface area contributed by atoms with Gasteiger partial charge in [0.15, 0.2) is 11.5 Å². The maximum atomic E-state index is 8.65. The predicted octanol–water partition coefficient (Wildman–Crippen LogP) is 2.12. The Balaban J connectivity index is 1.87. The summed E-state index contributed by atoms with van der Waals surface area (Å²) in [4.78, 5) is 0. The highest BCUT2D eigenvalue weighted by Crippen LogP contribution is 2.32. The zero-order chi connectivity index (χ0) is 10.5. The molecule has 3 nitrogen and oxygen atoms in total. The summed E-state index contributed by atoms with van der Waals surface area (Å²) in [7, 11) is 0. The van der Waals surface area contributed by atoms with Gasteiger partial charge in [0.1, 0.15) is 0 Å². The van der Waals surface area contributed by atoms with E-state index in [2.05, 4.69) is 6.07 Å². The van der Waals surface area contributed by atoms with Gasteiger partial charge in [0.2, 0.25) is 6.79 Å². The van der Waals surface area contributed by atoms with Crippen LogP contribution in [0.25, 0.3) is 0 Å². The Morgan fingerprint density at radius 3 is 2.80 bits per heavy atom. The van der Waals surface area contributed by atoms with E-state index in [1.54, 1.807) is 0 Å². The molecule has 1 aliphatic rings. The van der Waals surface area contributed by atoms with Gasteiger partial charge in [-0.05, 0) is 37.0 Å². The van der Waals surface area contributed by atoms with E-state index in [0.29, 0.717) is 13.4 Å². The molecule has 0 spiro atoms. The number of fused-ring (bicyclic) bond motifs is 1. The molecule has 0 unspecified atom stereocenters. The molecule has 0 atom stereocenters. The van der Waals surface area contributed by atoms with Crippen molar-refractivity contribution < 1.29 is 14.6 Å². The third kappa shape index (κ3) is 2.63. The van der Waals surface area contributed by atoms with E-state index in [4.69, 9.17) is 14.6 Å². The number of benzene rings is 1. The average molecular weight is 208 g/mol. The van der Waals surface area contributed by atoms with Crippen LogP contribution >= 0.6 is 0 Å². The van der Waals surface area contributed by atoms with E-state index in [-0.39, 0.29) is 0 Å². The quantitative estimate of drug-likeness (QED) is 0.753. The number of aliphatic hydroxyl groups excluding tert-OH is 1. The fraction of sp³-hybridized carbons (Fsp3) is 0.500. The first-order valence-electron chi connectivity index (χ1n) is 5.39. The van der Waals surface area contributed by atoms with Crippen LogP contribution in [0.3, 0.4) is 0 Å². The predicted molar refractivity (Wildman–Crippen MR) is 57.2 cm³/mol. The second-order valence-corrected chi connectivity index (χ2v) is 3.72. The Kier molecular flexibility index (Phi) is 3.45. The third-order valence-electron chi connectivity index (χ3n) is 2.56. The highest BCUT2D eigenvalue weighted by Gasteiger charge is 2.12. The first kappa shape index (κ1) is 10.3. The Hall–Kier alpha value is -1.22. The van der Waals surface area contributed by atoms with Crippen molar-refractivity contribution in [2.24, 2.45) is 0 Å². The molecule has 0 radical (unpaired) electrons. The number of hydrogen-bond acceptors (Lipinski definition) is 3. The first-order valence-corrected chi connectivity index (χ1v) is 5.39. The topological polar surface area (TPSA) is 38.7 Å². The van der Waals surface area contributed by atoms with Crippen molar-refractivity contribution in [3.05, 3.63) is 23.8 Å². The highest BCUT2D eigenvalue weighted by molar-refractivity contribution is 5.44. The van der Waals surface area contributed by atoms with Crippen LogP contribution in [0.5, 0.6) is 11.5 Å². The van der Waals surface area contributed by atoms with Crippen molar-refractivity contribution in [1.82, 2.24) is 0 Å². The monoisotopic (exact) mass is 208 g/mol. The lowest BCUT2D eigenvalue weighted by Gasteiger charge is -2.02. The molecule has 2 rings (SSSR count). The summed E-state index contributed by atoms with van der Waals surface area (Å²) < 4.78 is 10.5. The molecule has 3 heteroatoms. The summed E-state index contributed by atoms with van der Waals surface area (Å²) in [6.07, 6.45) is 4.12. The molecule has 0 aliphatic carbocycles. The molecule has 1 N–H and O–H groups in total. The number of rotatable bonds is 5. The standard InChI is InChI=1S/C12H16O3/c13-7-3-1-2-4-10-5-6-11-12(8-10)15-9-14-11/h5-6,8,13H,1-4,7,9H2. The minimum atomic E-state index is 0.293. The fourth-order valence-electron chi connectivity index (χ4n) is 1.71. The van der Waals surface area contributed by atoms with Gasteiger partial charge in [-0.15, -0.1) is 0 Å². The smallest absolute Gasteiger partial charge is 0.231 e. The molecule has 0 aromatic heterocycles. The van der Waals surface area contributed by atoms with Crippen LogP contribution in [0.1, 0.15) is 24.8 Å². The van der Waals surface area contributed by atoms with Crippen molar-refractivity contribution in [3.8, 4) is 11.5 Å². The van der Waals surface area contributed by atoms with Gasteiger partial charge in [0.05, 0.1) is 0 Å². The Morgan fingerprint density at radius 1 is 1.07 bits per heavy atom. The lowest BCUT2D eigenvalue weighted by atomic mass is 10.1. The molecule has 15 heavy (non-hydrogen) atoms. The van der Waals surface area contributed by atoms with E-state index in [0.717, 1.165) is 37.2 Å². The largest absolute Gasteiger partial charge is 0.454 e. The Labute approximate surface area is 89.6 Å². The van der Waals surface area contributed by atoms with Gasteiger partial charge < -0.3 is 14.6 Å². The molecule has 1 aromatic rings. The number of aliphatic hydroxyl groups is 1. The second-order valence-electron chi connectivity index (χ2n) is 3.72. The lowest BCUT2D eigenvalue weighted by Crippen LogP contribution is -1.93. The van der Waals surface area contributed by atoms with Gasteiger partial charge in [-0.25, -0.2) is 0 Å². The van der Waals surface area contributed by atoms with Crippen LogP contribution in [-0.4, -0.2) is 18.5 Å². The van der Waals surface area contributed by atoms with E-state index >= 15 is 0 Å². The minimum absolute atomic E-state index is 0.293. The SMILES string of the molecule is OCCCCCc1ccc2c(c1)OCO2. The zero-order valence-electron chi connectivity index (χ0n) is 8.74. The van der Waals surface area contributed by atoms with Gasteiger partial charge in [-0.1, -0.05) is 12.5 Å². The summed E-state index contributed by atoms with van der Waals surface area (Å²) in [5.74, 6) is 1.70. The van der Waals surface area contributed by atoms with Crippen molar-refractivity contribution in [1.29, 1.82) is 0 Å². The minimum Gasteiger partial charge on any atom is -0.454 e. The van der Waals surface area contributed by atoms with Crippen molar-refractivity contribution >= 4 is 0 Å². The van der Waals surface area contributed by atoms with Crippen molar-refractivity contribution in [3.63, 3.8) is 0 Å². The van der Waals surface area contributed by atoms with Crippen LogP contribution in [0.4, 0.5) is 0 Å². The first-order chi connectivity index (χ1) is 7.40. The van der Waals surface area contributed by atoms with Crippen LogP contribution in [0.2, 0.25) is 0 Å². The molecule has 0 fully saturated rings. The number of unbranched alkanes of at least 4 members (excludes halogenated alkanes) is 2. The van der Waals surface area contributed by atoms with Crippen molar-refractivity contribution in [2.75, 3.05) is 13.4 Å². The number of aryl methyl sites for hydroxylation is 1. The Bertz CT molecular complexity index is 323. The van der Waals surface area contributed by atoms with Gasteiger partial charge in [-0.2, -0.15) is 0 Å². The molecule has 1 heterocycles. The summed E-state index contributed by atoms with van der Waals surface area (Å²) in [6, 6.07) is 6.08. The van der Waals surface area contributed by atoms with Crippen LogP contribution < -0.4 is 9.47 Å². The summed E-state index contributed by atoms with van der Waals surface area (Å²) >= 11 is 0. The van der Waals surface area contributed by atoms with E-state index in [9.17, 15) is 0 Å². The molecule has 82 valence electrons. The molecule has 1 aliphatic heterocycles. The molecule has 0 amide bonds. The lowest BCUT2D eigenvalue weighted by molar-refractivity contribution is 0.174. The van der Waals surface area contributed by atoms with E-state index in [1.165, 1.54) is 5.56 Å². The molecule has 0 bridgehead atoms. The molecule has 0 saturated heterocycles. The maximum absolute atomic E-state index is 8.65. The second kappa shape index (κ2) is 5.03. The van der Waals surface area contributed by atoms with Gasteiger partial charge in [0, 0.05) is 6.61 Å². The number of ether oxygens (including phenoxy) is 2. The van der Waals surface area contributed by atoms with E-state index < -0.39 is 0 Å². The van der Waals surface area contributed by atoms with E-state index in [1.807, 2.05) is 12.1 Å². The number of hydrogen-bond donors (Lipinski definition) is 1. The third-order valence-corrected chi connectivity index (χ3v) is 2.56. The van der Waals surface area contributed by atoms with Gasteiger partial charge in [0.25, 0.3) is 0 Å². The van der Waals surface area contributed by atoms with Gasteiger partial charge in [-0.3, -0.25) is 0 Å². The molecular weight excluding hydrogens is 192 g/mol. The van der Waals surface area contributed by atoms with Crippen LogP contribution in [-0.2, 0) is 6.42 Å². The Morgan fingerprint density at radius 2 is 1.93 bits per heavy atom. The molecular formula is C12H16O3. The van der Waals surface area contributed by atoms with Crippen LogP contribution in [0, 0.1) is 0 Å². The summed E-state index contributed by atoms with van der Waals surface area (Å²) in [5.41, 5.74) is 1.28. The fourth-order valence-corrected chi connectivity index (χ4v) is 1.71. The average Bonchev–Trinajstić information content (AvgIpc) is 2.71. The molecule has 1 aromatic carbocycles. The zero-order valence-corrected chi connectivity index (χ0v) is 8.74. The maximum Gasteiger partial charge on any atom is 0.231 e. The van der Waals surface area contributed by atoms with Crippen molar-refractivity contribution in [2.45, 2.75) is 25.7 Å². The summed E-state index contributed by atoms with van der Waals surface area (Å²) in [6.45, 7) is 0.629. The molecule has 0 saturated carbocycles. The highest BCUT2D eigenvalue weighted by atomic mass is 16.7. The van der Waals surface area contributed by atoms with Gasteiger partial charge >= 0.3 is 0 Å². The van der Waals surface area contributed by atoms with Crippen LogP contribution in [0.15, 0.2) is 18.2 Å². The summed E-state index contributed by atoms with van der Waals surface area (Å²) in [5, 5.41) is 8.65. The normalized spacial score (nSPS) is 13.1.